The lowest BCUT2D eigenvalue weighted by atomic mass is 9.94. The number of aromatic nitrogens is 2. The predicted molar refractivity (Wildman–Crippen MR) is 80.5 cm³/mol. The SMILES string of the molecule is CCn1ccnc1CC(=O)CC(C)c1ccc(N)cc1. The van der Waals surface area contributed by atoms with Gasteiger partial charge < -0.3 is 10.3 Å². The van der Waals surface area contributed by atoms with E-state index in [0.29, 0.717) is 12.8 Å². The zero-order valence-corrected chi connectivity index (χ0v) is 12.0. The summed E-state index contributed by atoms with van der Waals surface area (Å²) in [7, 11) is 0. The second-order valence-corrected chi connectivity index (χ2v) is 5.12. The topological polar surface area (TPSA) is 60.9 Å². The summed E-state index contributed by atoms with van der Waals surface area (Å²) in [4.78, 5) is 16.4. The Bertz CT molecular complexity index is 572. The second kappa shape index (κ2) is 6.37. The molecule has 0 aliphatic rings. The lowest BCUT2D eigenvalue weighted by Crippen LogP contribution is -2.11. The molecule has 0 aliphatic heterocycles. The standard InChI is InChI=1S/C16H21N3O/c1-3-19-9-8-18-16(19)11-15(20)10-12(2)13-4-6-14(17)7-5-13/h4-9,12H,3,10-11,17H2,1-2H3. The largest absolute Gasteiger partial charge is 0.399 e. The number of aryl methyl sites for hydroxylation is 1. The third-order valence-corrected chi connectivity index (χ3v) is 3.54. The smallest absolute Gasteiger partial charge is 0.141 e. The molecular weight excluding hydrogens is 250 g/mol. The Morgan fingerprint density at radius 3 is 2.70 bits per heavy atom. The maximum absolute atomic E-state index is 12.2. The highest BCUT2D eigenvalue weighted by molar-refractivity contribution is 5.81. The number of nitrogens with zero attached hydrogens (tertiary/aromatic N) is 2. The maximum atomic E-state index is 12.2. The fourth-order valence-electron chi connectivity index (χ4n) is 2.33. The molecule has 4 nitrogen and oxygen atoms in total. The molecule has 106 valence electrons. The quantitative estimate of drug-likeness (QED) is 0.822. The molecule has 0 saturated carbocycles. The number of nitrogen functional groups attached to an aromatic ring is 1. The molecule has 2 rings (SSSR count). The molecule has 20 heavy (non-hydrogen) atoms. The van der Waals surface area contributed by atoms with Gasteiger partial charge in [-0.2, -0.15) is 0 Å². The van der Waals surface area contributed by atoms with Crippen molar-refractivity contribution in [1.82, 2.24) is 9.55 Å². The van der Waals surface area contributed by atoms with Gasteiger partial charge in [0.05, 0.1) is 6.42 Å². The van der Waals surface area contributed by atoms with Crippen molar-refractivity contribution < 1.29 is 4.79 Å². The van der Waals surface area contributed by atoms with Gasteiger partial charge in [0.15, 0.2) is 0 Å². The summed E-state index contributed by atoms with van der Waals surface area (Å²) in [5.41, 5.74) is 7.56. The molecule has 0 spiro atoms. The Kier molecular flexibility index (Phi) is 4.56. The summed E-state index contributed by atoms with van der Waals surface area (Å²) >= 11 is 0. The van der Waals surface area contributed by atoms with Gasteiger partial charge in [0.2, 0.25) is 0 Å². The van der Waals surface area contributed by atoms with Crippen LogP contribution in [0.15, 0.2) is 36.7 Å². The Morgan fingerprint density at radius 1 is 1.35 bits per heavy atom. The highest BCUT2D eigenvalue weighted by Crippen LogP contribution is 2.21. The van der Waals surface area contributed by atoms with Crippen molar-refractivity contribution in [2.75, 3.05) is 5.73 Å². The minimum atomic E-state index is 0.202. The minimum absolute atomic E-state index is 0.202. The number of carbonyl (C=O) groups is 1. The lowest BCUT2D eigenvalue weighted by Gasteiger charge is -2.11. The van der Waals surface area contributed by atoms with E-state index < -0.39 is 0 Å². The molecule has 0 amide bonds. The highest BCUT2D eigenvalue weighted by Gasteiger charge is 2.14. The average molecular weight is 271 g/mol. The molecule has 0 bridgehead atoms. The molecule has 0 radical (unpaired) electrons. The molecule has 1 heterocycles. The van der Waals surface area contributed by atoms with E-state index in [0.717, 1.165) is 23.6 Å². The molecule has 1 aromatic carbocycles. The Balaban J connectivity index is 1.96. The summed E-state index contributed by atoms with van der Waals surface area (Å²) in [5, 5.41) is 0. The fraction of sp³-hybridized carbons (Fsp3) is 0.375. The van der Waals surface area contributed by atoms with Gasteiger partial charge in [-0.05, 0) is 30.5 Å². The van der Waals surface area contributed by atoms with Crippen LogP contribution in [0.4, 0.5) is 5.69 Å². The van der Waals surface area contributed by atoms with Gasteiger partial charge in [-0.15, -0.1) is 0 Å². The summed E-state index contributed by atoms with van der Waals surface area (Å²) < 4.78 is 2.01. The van der Waals surface area contributed by atoms with Crippen molar-refractivity contribution in [1.29, 1.82) is 0 Å². The number of carbonyl (C=O) groups excluding carboxylic acids is 1. The van der Waals surface area contributed by atoms with E-state index in [2.05, 4.69) is 11.9 Å². The molecule has 1 atom stereocenters. The van der Waals surface area contributed by atoms with Crippen LogP contribution in [-0.4, -0.2) is 15.3 Å². The van der Waals surface area contributed by atoms with Crippen LogP contribution in [0.1, 0.15) is 37.6 Å². The van der Waals surface area contributed by atoms with Crippen molar-refractivity contribution in [2.24, 2.45) is 0 Å². The third-order valence-electron chi connectivity index (χ3n) is 3.54. The zero-order valence-electron chi connectivity index (χ0n) is 12.0. The van der Waals surface area contributed by atoms with Gasteiger partial charge in [0.1, 0.15) is 11.6 Å². The third kappa shape index (κ3) is 3.47. The van der Waals surface area contributed by atoms with E-state index >= 15 is 0 Å². The summed E-state index contributed by atoms with van der Waals surface area (Å²) in [5.74, 6) is 1.27. The molecule has 4 heteroatoms. The molecule has 0 saturated heterocycles. The zero-order chi connectivity index (χ0) is 14.5. The van der Waals surface area contributed by atoms with Crippen LogP contribution in [0.25, 0.3) is 0 Å². The molecular formula is C16H21N3O. The van der Waals surface area contributed by atoms with Gasteiger partial charge in [-0.25, -0.2) is 4.98 Å². The first kappa shape index (κ1) is 14.3. The van der Waals surface area contributed by atoms with Gasteiger partial charge in [-0.1, -0.05) is 19.1 Å². The number of hydrogen-bond donors (Lipinski definition) is 1. The van der Waals surface area contributed by atoms with Crippen LogP contribution in [0.3, 0.4) is 0 Å². The number of benzene rings is 1. The Hall–Kier alpha value is -2.10. The Morgan fingerprint density at radius 2 is 2.05 bits per heavy atom. The number of anilines is 1. The van der Waals surface area contributed by atoms with Gasteiger partial charge in [0.25, 0.3) is 0 Å². The van der Waals surface area contributed by atoms with Crippen molar-refractivity contribution in [3.63, 3.8) is 0 Å². The van der Waals surface area contributed by atoms with E-state index in [9.17, 15) is 4.79 Å². The van der Waals surface area contributed by atoms with Crippen LogP contribution in [0.2, 0.25) is 0 Å². The Labute approximate surface area is 119 Å². The summed E-state index contributed by atoms with van der Waals surface area (Å²) in [6.45, 7) is 4.96. The van der Waals surface area contributed by atoms with Crippen LogP contribution < -0.4 is 5.73 Å². The number of rotatable bonds is 6. The summed E-state index contributed by atoms with van der Waals surface area (Å²) in [6.07, 6.45) is 4.59. The normalized spacial score (nSPS) is 12.3. The van der Waals surface area contributed by atoms with E-state index in [1.807, 2.05) is 42.0 Å². The first-order chi connectivity index (χ1) is 9.60. The molecule has 0 aliphatic carbocycles. The number of hydrogen-bond acceptors (Lipinski definition) is 3. The van der Waals surface area contributed by atoms with Crippen molar-refractivity contribution in [3.8, 4) is 0 Å². The van der Waals surface area contributed by atoms with E-state index in [-0.39, 0.29) is 11.7 Å². The maximum Gasteiger partial charge on any atom is 0.141 e. The molecule has 2 aromatic rings. The van der Waals surface area contributed by atoms with Gasteiger partial charge >= 0.3 is 0 Å². The summed E-state index contributed by atoms with van der Waals surface area (Å²) in [6, 6.07) is 7.72. The predicted octanol–water partition coefficient (Wildman–Crippen LogP) is 2.79. The number of nitrogens with two attached hydrogens (primary N) is 1. The molecule has 1 unspecified atom stereocenters. The first-order valence-corrected chi connectivity index (χ1v) is 6.97. The van der Waals surface area contributed by atoms with Crippen LogP contribution in [0, 0.1) is 0 Å². The highest BCUT2D eigenvalue weighted by atomic mass is 16.1. The monoisotopic (exact) mass is 271 g/mol. The number of Topliss-reactive ketones (excluding diaryl/α,β-unsaturated/α-hetero) is 1. The van der Waals surface area contributed by atoms with Gasteiger partial charge in [-0.3, -0.25) is 4.79 Å². The van der Waals surface area contributed by atoms with Gasteiger partial charge in [0, 0.05) is 31.0 Å². The number of imidazole rings is 1. The first-order valence-electron chi connectivity index (χ1n) is 6.97. The van der Waals surface area contributed by atoms with Crippen LogP contribution in [0.5, 0.6) is 0 Å². The second-order valence-electron chi connectivity index (χ2n) is 5.12. The van der Waals surface area contributed by atoms with E-state index in [4.69, 9.17) is 5.73 Å². The van der Waals surface area contributed by atoms with E-state index in [1.54, 1.807) is 6.20 Å². The minimum Gasteiger partial charge on any atom is -0.399 e. The molecule has 1 aromatic heterocycles. The van der Waals surface area contributed by atoms with Crippen molar-refractivity contribution >= 4 is 11.5 Å². The number of ketones is 1. The van der Waals surface area contributed by atoms with Crippen molar-refractivity contribution in [3.05, 3.63) is 48.0 Å². The average Bonchev–Trinajstić information content (AvgIpc) is 2.86. The van der Waals surface area contributed by atoms with Crippen molar-refractivity contribution in [2.45, 2.75) is 39.2 Å². The van der Waals surface area contributed by atoms with E-state index in [1.165, 1.54) is 0 Å². The lowest BCUT2D eigenvalue weighted by molar-refractivity contribution is -0.118. The van der Waals surface area contributed by atoms with Crippen LogP contribution >= 0.6 is 0 Å². The van der Waals surface area contributed by atoms with Crippen LogP contribution in [-0.2, 0) is 17.8 Å². The molecule has 2 N–H and O–H groups in total. The fourth-order valence-corrected chi connectivity index (χ4v) is 2.33. The molecule has 0 fully saturated rings.